The van der Waals surface area contributed by atoms with Crippen molar-refractivity contribution in [3.8, 4) is 0 Å². The molecule has 0 heteroatoms. The van der Waals surface area contributed by atoms with E-state index in [0.717, 1.165) is 5.92 Å². The monoisotopic (exact) mass is 150 g/mol. The molecule has 0 amide bonds. The van der Waals surface area contributed by atoms with Gasteiger partial charge in [-0.05, 0) is 24.2 Å². The topological polar surface area (TPSA) is 0 Å². The molecule has 1 aliphatic rings. The normalized spacial score (nSPS) is 36.1. The summed E-state index contributed by atoms with van der Waals surface area (Å²) >= 11 is 0. The Balaban J connectivity index is 2.77. The molecule has 0 aromatic rings. The molecule has 1 aliphatic carbocycles. The molecule has 0 saturated heterocycles. The summed E-state index contributed by atoms with van der Waals surface area (Å²) < 4.78 is 0. The van der Waals surface area contributed by atoms with E-state index in [1.165, 1.54) is 12.8 Å². The summed E-state index contributed by atoms with van der Waals surface area (Å²) in [5, 5.41) is 0. The van der Waals surface area contributed by atoms with Crippen molar-refractivity contribution in [2.75, 3.05) is 0 Å². The summed E-state index contributed by atoms with van der Waals surface area (Å²) in [4.78, 5) is 0. The maximum Gasteiger partial charge on any atom is -0.00833 e. The van der Waals surface area contributed by atoms with Gasteiger partial charge in [-0.15, -0.1) is 0 Å². The lowest BCUT2D eigenvalue weighted by molar-refractivity contribution is 0.286. The van der Waals surface area contributed by atoms with Gasteiger partial charge in [-0.25, -0.2) is 0 Å². The first-order chi connectivity index (χ1) is 5.23. The minimum atomic E-state index is 0.420. The average molecular weight is 150 g/mol. The number of allylic oxidation sites excluding steroid dienone is 4. The lowest BCUT2D eigenvalue weighted by Gasteiger charge is -2.33. The van der Waals surface area contributed by atoms with Gasteiger partial charge in [0.05, 0.1) is 0 Å². The SMILES string of the molecule is CCC1C=CC=CC1(C)CC. The fourth-order valence-electron chi connectivity index (χ4n) is 1.80. The van der Waals surface area contributed by atoms with Crippen LogP contribution in [0.4, 0.5) is 0 Å². The van der Waals surface area contributed by atoms with Crippen LogP contribution in [0, 0.1) is 11.3 Å². The summed E-state index contributed by atoms with van der Waals surface area (Å²) in [6.07, 6.45) is 11.5. The third kappa shape index (κ3) is 1.55. The number of hydrogen-bond acceptors (Lipinski definition) is 0. The van der Waals surface area contributed by atoms with Crippen LogP contribution in [0.2, 0.25) is 0 Å². The van der Waals surface area contributed by atoms with Crippen LogP contribution in [0.5, 0.6) is 0 Å². The standard InChI is InChI=1S/C11H18/c1-4-10-8-6-7-9-11(10,3)5-2/h6-10H,4-5H2,1-3H3. The summed E-state index contributed by atoms with van der Waals surface area (Å²) in [5.74, 6) is 0.748. The number of hydrogen-bond donors (Lipinski definition) is 0. The minimum absolute atomic E-state index is 0.420. The van der Waals surface area contributed by atoms with Crippen molar-refractivity contribution in [2.24, 2.45) is 11.3 Å². The molecule has 0 N–H and O–H groups in total. The molecule has 0 aromatic heterocycles. The highest BCUT2D eigenvalue weighted by Crippen LogP contribution is 2.37. The largest absolute Gasteiger partial charge is 0.0806 e. The Morgan fingerprint density at radius 3 is 2.45 bits per heavy atom. The Kier molecular flexibility index (Phi) is 2.53. The zero-order chi connectivity index (χ0) is 8.32. The van der Waals surface area contributed by atoms with Crippen LogP contribution < -0.4 is 0 Å². The quantitative estimate of drug-likeness (QED) is 0.564. The van der Waals surface area contributed by atoms with Crippen LogP contribution in [0.1, 0.15) is 33.6 Å². The van der Waals surface area contributed by atoms with Gasteiger partial charge in [-0.2, -0.15) is 0 Å². The van der Waals surface area contributed by atoms with E-state index in [2.05, 4.69) is 45.1 Å². The summed E-state index contributed by atoms with van der Waals surface area (Å²) in [5.41, 5.74) is 0.420. The van der Waals surface area contributed by atoms with Gasteiger partial charge in [-0.3, -0.25) is 0 Å². The van der Waals surface area contributed by atoms with E-state index < -0.39 is 0 Å². The smallest absolute Gasteiger partial charge is 0.00833 e. The summed E-state index contributed by atoms with van der Waals surface area (Å²) in [7, 11) is 0. The maximum absolute atomic E-state index is 2.35. The highest BCUT2D eigenvalue weighted by atomic mass is 14.3. The zero-order valence-corrected chi connectivity index (χ0v) is 7.80. The van der Waals surface area contributed by atoms with Crippen LogP contribution >= 0.6 is 0 Å². The van der Waals surface area contributed by atoms with E-state index in [4.69, 9.17) is 0 Å². The lowest BCUT2D eigenvalue weighted by Crippen LogP contribution is -2.23. The first-order valence-electron chi connectivity index (χ1n) is 4.59. The van der Waals surface area contributed by atoms with Crippen molar-refractivity contribution < 1.29 is 0 Å². The molecule has 2 atom stereocenters. The van der Waals surface area contributed by atoms with Crippen LogP contribution in [0.3, 0.4) is 0 Å². The molecule has 0 heterocycles. The fraction of sp³-hybridized carbons (Fsp3) is 0.636. The third-order valence-electron chi connectivity index (χ3n) is 2.98. The van der Waals surface area contributed by atoms with E-state index in [1.54, 1.807) is 0 Å². The van der Waals surface area contributed by atoms with Crippen molar-refractivity contribution in [3.05, 3.63) is 24.3 Å². The van der Waals surface area contributed by atoms with Gasteiger partial charge in [0.25, 0.3) is 0 Å². The Hall–Kier alpha value is -0.520. The fourth-order valence-corrected chi connectivity index (χ4v) is 1.80. The first-order valence-corrected chi connectivity index (χ1v) is 4.59. The van der Waals surface area contributed by atoms with Gasteiger partial charge in [0, 0.05) is 0 Å². The van der Waals surface area contributed by atoms with E-state index in [0.29, 0.717) is 5.41 Å². The molecular weight excluding hydrogens is 132 g/mol. The van der Waals surface area contributed by atoms with Gasteiger partial charge in [-0.1, -0.05) is 45.1 Å². The molecule has 11 heavy (non-hydrogen) atoms. The van der Waals surface area contributed by atoms with Crippen LogP contribution in [0.15, 0.2) is 24.3 Å². The van der Waals surface area contributed by atoms with Gasteiger partial charge >= 0.3 is 0 Å². The molecule has 2 unspecified atom stereocenters. The average Bonchev–Trinajstić information content (AvgIpc) is 2.05. The molecule has 0 bridgehead atoms. The molecule has 1 rings (SSSR count). The van der Waals surface area contributed by atoms with Crippen LogP contribution in [-0.4, -0.2) is 0 Å². The Morgan fingerprint density at radius 1 is 1.27 bits per heavy atom. The van der Waals surface area contributed by atoms with E-state index in [1.807, 2.05) is 0 Å². The number of rotatable bonds is 2. The molecule has 0 nitrogen and oxygen atoms in total. The lowest BCUT2D eigenvalue weighted by atomic mass is 9.71. The highest BCUT2D eigenvalue weighted by Gasteiger charge is 2.27. The van der Waals surface area contributed by atoms with Crippen LogP contribution in [0.25, 0.3) is 0 Å². The molecule has 0 saturated carbocycles. The summed E-state index contributed by atoms with van der Waals surface area (Å²) in [6.45, 7) is 6.88. The van der Waals surface area contributed by atoms with Crippen molar-refractivity contribution in [2.45, 2.75) is 33.6 Å². The van der Waals surface area contributed by atoms with Crippen LogP contribution in [-0.2, 0) is 0 Å². The maximum atomic E-state index is 2.35. The molecular formula is C11H18. The molecule has 0 spiro atoms. The second kappa shape index (κ2) is 3.25. The third-order valence-corrected chi connectivity index (χ3v) is 2.98. The van der Waals surface area contributed by atoms with E-state index >= 15 is 0 Å². The van der Waals surface area contributed by atoms with Crippen molar-refractivity contribution in [1.82, 2.24) is 0 Å². The van der Waals surface area contributed by atoms with Gasteiger partial charge in [0.1, 0.15) is 0 Å². The first kappa shape index (κ1) is 8.58. The van der Waals surface area contributed by atoms with Crippen molar-refractivity contribution in [1.29, 1.82) is 0 Å². The Labute approximate surface area is 70.0 Å². The van der Waals surface area contributed by atoms with Gasteiger partial charge in [0.15, 0.2) is 0 Å². The second-order valence-electron chi connectivity index (χ2n) is 3.62. The zero-order valence-electron chi connectivity index (χ0n) is 7.80. The van der Waals surface area contributed by atoms with Gasteiger partial charge < -0.3 is 0 Å². The minimum Gasteiger partial charge on any atom is -0.0806 e. The Bertz CT molecular complexity index is 176. The molecule has 0 radical (unpaired) electrons. The molecule has 0 fully saturated rings. The van der Waals surface area contributed by atoms with Gasteiger partial charge in [0.2, 0.25) is 0 Å². The predicted molar refractivity (Wildman–Crippen MR) is 50.5 cm³/mol. The summed E-state index contributed by atoms with van der Waals surface area (Å²) in [6, 6.07) is 0. The van der Waals surface area contributed by atoms with Crippen molar-refractivity contribution >= 4 is 0 Å². The van der Waals surface area contributed by atoms with E-state index in [-0.39, 0.29) is 0 Å². The Morgan fingerprint density at radius 2 is 2.00 bits per heavy atom. The highest BCUT2D eigenvalue weighted by molar-refractivity contribution is 5.18. The molecule has 0 aliphatic heterocycles. The molecule has 0 aromatic carbocycles. The van der Waals surface area contributed by atoms with Crippen molar-refractivity contribution in [3.63, 3.8) is 0 Å². The predicted octanol–water partition coefficient (Wildman–Crippen LogP) is 3.55. The van der Waals surface area contributed by atoms with E-state index in [9.17, 15) is 0 Å². The molecule has 62 valence electrons. The second-order valence-corrected chi connectivity index (χ2v) is 3.62.